The zero-order chi connectivity index (χ0) is 29.0. The van der Waals surface area contributed by atoms with E-state index < -0.39 is 31.5 Å². The first-order chi connectivity index (χ1) is 19.0. The van der Waals surface area contributed by atoms with E-state index in [-0.39, 0.29) is 17.0 Å². The van der Waals surface area contributed by atoms with Gasteiger partial charge in [0, 0.05) is 19.4 Å². The molecule has 2 aromatic rings. The number of Topliss-reactive ketones (excluding diaryl/α,β-unsaturated/α-hetero) is 1. The molecule has 1 atom stereocenters. The molecule has 2 aliphatic rings. The molecule has 2 aromatic carbocycles. The van der Waals surface area contributed by atoms with Gasteiger partial charge in [-0.15, -0.1) is 0 Å². The Balaban J connectivity index is 1.49. The van der Waals surface area contributed by atoms with Gasteiger partial charge in [0.2, 0.25) is 17.2 Å². The molecular weight excluding hydrogens is 520 g/mol. The summed E-state index contributed by atoms with van der Waals surface area (Å²) >= 11 is 0. The van der Waals surface area contributed by atoms with Gasteiger partial charge in [-0.25, -0.2) is 0 Å². The standard InChI is InChI=1S/C33H38O6Si/c1-6-14-30(35)39-33(5)29(34)22-24-21-25(37-23-28(24)31(33)36)15-13-20-38-40(32(2,3)4,26-16-9-7-10-17-26)27-18-11-8-12-19-27/h7-12,16-19,21-23H,6,13-15,20H2,1-5H3/t33-/m1/s1. The minimum atomic E-state index is -2.63. The first-order valence-corrected chi connectivity index (χ1v) is 15.8. The van der Waals surface area contributed by atoms with Gasteiger partial charge < -0.3 is 13.9 Å². The van der Waals surface area contributed by atoms with Crippen LogP contribution in [0, 0.1) is 0 Å². The summed E-state index contributed by atoms with van der Waals surface area (Å²) < 4.78 is 18.1. The van der Waals surface area contributed by atoms with Crippen molar-refractivity contribution < 1.29 is 28.3 Å². The van der Waals surface area contributed by atoms with E-state index in [0.717, 1.165) is 0 Å². The minimum Gasteiger partial charge on any atom is -0.469 e. The van der Waals surface area contributed by atoms with Gasteiger partial charge in [-0.1, -0.05) is 88.4 Å². The van der Waals surface area contributed by atoms with Crippen LogP contribution >= 0.6 is 0 Å². The summed E-state index contributed by atoms with van der Waals surface area (Å²) in [5, 5.41) is 2.33. The highest BCUT2D eigenvalue weighted by Crippen LogP contribution is 2.37. The van der Waals surface area contributed by atoms with Crippen molar-refractivity contribution in [3.05, 3.63) is 96.0 Å². The van der Waals surface area contributed by atoms with Crippen molar-refractivity contribution in [3.63, 3.8) is 0 Å². The van der Waals surface area contributed by atoms with E-state index in [9.17, 15) is 14.4 Å². The predicted molar refractivity (Wildman–Crippen MR) is 158 cm³/mol. The fraction of sp³-hybridized carbons (Fsp3) is 0.364. The number of ether oxygens (including phenoxy) is 2. The van der Waals surface area contributed by atoms with E-state index in [1.807, 2.05) is 19.1 Å². The molecule has 0 radical (unpaired) electrons. The summed E-state index contributed by atoms with van der Waals surface area (Å²) in [7, 11) is -2.63. The highest BCUT2D eigenvalue weighted by molar-refractivity contribution is 6.99. The monoisotopic (exact) mass is 558 g/mol. The molecule has 0 saturated heterocycles. The molecule has 1 heterocycles. The molecule has 0 N–H and O–H groups in total. The molecule has 1 aliphatic heterocycles. The van der Waals surface area contributed by atoms with Gasteiger partial charge in [0.1, 0.15) is 12.0 Å². The lowest BCUT2D eigenvalue weighted by Crippen LogP contribution is -2.66. The van der Waals surface area contributed by atoms with Gasteiger partial charge in [-0.2, -0.15) is 0 Å². The number of fused-ring (bicyclic) bond motifs is 1. The summed E-state index contributed by atoms with van der Waals surface area (Å²) in [6.07, 6.45) is 6.43. The molecule has 0 bridgehead atoms. The second-order valence-corrected chi connectivity index (χ2v) is 15.7. The van der Waals surface area contributed by atoms with E-state index in [1.165, 1.54) is 29.6 Å². The van der Waals surface area contributed by atoms with Crippen LogP contribution in [-0.4, -0.2) is 38.1 Å². The Morgan fingerprint density at radius 2 is 1.55 bits per heavy atom. The van der Waals surface area contributed by atoms with E-state index in [1.54, 1.807) is 6.08 Å². The molecule has 0 fully saturated rings. The van der Waals surface area contributed by atoms with E-state index in [0.29, 0.717) is 37.2 Å². The van der Waals surface area contributed by atoms with E-state index in [4.69, 9.17) is 13.9 Å². The van der Waals surface area contributed by atoms with Crippen LogP contribution in [0.3, 0.4) is 0 Å². The number of ketones is 2. The van der Waals surface area contributed by atoms with Crippen molar-refractivity contribution >= 4 is 36.2 Å². The maximum absolute atomic E-state index is 13.1. The fourth-order valence-corrected chi connectivity index (χ4v) is 9.99. The number of benzene rings is 2. The van der Waals surface area contributed by atoms with Crippen molar-refractivity contribution in [2.45, 2.75) is 70.9 Å². The van der Waals surface area contributed by atoms with Gasteiger partial charge in [-0.05, 0) is 52.9 Å². The average molecular weight is 559 g/mol. The summed E-state index contributed by atoms with van der Waals surface area (Å²) in [5.74, 6) is -1.03. The van der Waals surface area contributed by atoms with Crippen molar-refractivity contribution in [1.82, 2.24) is 0 Å². The van der Waals surface area contributed by atoms with Crippen LogP contribution in [0.1, 0.15) is 60.3 Å². The maximum atomic E-state index is 13.1. The van der Waals surface area contributed by atoms with Gasteiger partial charge in [0.05, 0.1) is 5.57 Å². The summed E-state index contributed by atoms with van der Waals surface area (Å²) in [4.78, 5) is 38.1. The van der Waals surface area contributed by atoms with Crippen molar-refractivity contribution in [2.75, 3.05) is 6.61 Å². The van der Waals surface area contributed by atoms with Crippen molar-refractivity contribution in [3.8, 4) is 0 Å². The Hall–Kier alpha value is -3.55. The van der Waals surface area contributed by atoms with Crippen LogP contribution in [0.5, 0.6) is 0 Å². The molecule has 0 amide bonds. The molecule has 210 valence electrons. The van der Waals surface area contributed by atoms with Gasteiger partial charge in [0.15, 0.2) is 0 Å². The van der Waals surface area contributed by atoms with Crippen LogP contribution in [0.4, 0.5) is 0 Å². The number of hydrogen-bond acceptors (Lipinski definition) is 6. The molecule has 40 heavy (non-hydrogen) atoms. The first kappa shape index (κ1) is 29.4. The summed E-state index contributed by atoms with van der Waals surface area (Å²) in [5.41, 5.74) is -1.15. The van der Waals surface area contributed by atoms with Crippen LogP contribution in [-0.2, 0) is 28.3 Å². The van der Waals surface area contributed by atoms with Crippen LogP contribution in [0.15, 0.2) is 96.0 Å². The molecule has 0 spiro atoms. The van der Waals surface area contributed by atoms with Gasteiger partial charge in [0.25, 0.3) is 8.32 Å². The third-order valence-electron chi connectivity index (χ3n) is 7.47. The summed E-state index contributed by atoms with van der Waals surface area (Å²) in [6.45, 7) is 10.4. The molecular formula is C33H38O6Si. The normalized spacial score (nSPS) is 19.2. The van der Waals surface area contributed by atoms with E-state index >= 15 is 0 Å². The van der Waals surface area contributed by atoms with Gasteiger partial charge in [-0.3, -0.25) is 14.4 Å². The lowest BCUT2D eigenvalue weighted by molar-refractivity contribution is -0.168. The molecule has 7 heteroatoms. The Bertz CT molecular complexity index is 1310. The fourth-order valence-electron chi connectivity index (χ4n) is 5.38. The van der Waals surface area contributed by atoms with Crippen LogP contribution in [0.25, 0.3) is 0 Å². The smallest absolute Gasteiger partial charge is 0.307 e. The first-order valence-electron chi connectivity index (χ1n) is 13.9. The topological polar surface area (TPSA) is 78.9 Å². The summed E-state index contributed by atoms with van der Waals surface area (Å²) in [6, 6.07) is 21.0. The largest absolute Gasteiger partial charge is 0.469 e. The Morgan fingerprint density at radius 1 is 0.950 bits per heavy atom. The zero-order valence-corrected chi connectivity index (χ0v) is 25.0. The molecule has 0 unspecified atom stereocenters. The molecule has 4 rings (SSSR count). The lowest BCUT2D eigenvalue weighted by atomic mass is 9.80. The Morgan fingerprint density at radius 3 is 2.10 bits per heavy atom. The number of rotatable bonds is 10. The molecule has 0 aromatic heterocycles. The predicted octanol–water partition coefficient (Wildman–Crippen LogP) is 5.32. The Kier molecular flexibility index (Phi) is 8.76. The van der Waals surface area contributed by atoms with E-state index in [2.05, 4.69) is 69.3 Å². The highest BCUT2D eigenvalue weighted by atomic mass is 28.4. The quantitative estimate of drug-likeness (QED) is 0.170. The highest BCUT2D eigenvalue weighted by Gasteiger charge is 2.51. The van der Waals surface area contributed by atoms with Crippen molar-refractivity contribution in [2.24, 2.45) is 0 Å². The number of hydrogen-bond donors (Lipinski definition) is 0. The van der Waals surface area contributed by atoms with Crippen LogP contribution < -0.4 is 10.4 Å². The molecule has 6 nitrogen and oxygen atoms in total. The third kappa shape index (κ3) is 5.67. The number of carbonyl (C=O) groups is 3. The SMILES string of the molecule is CCCC(=O)O[C@]1(C)C(=O)C=C2C=C(CCCO[Si](c3ccccc3)(c3ccccc3)C(C)(C)C)OC=C2C1=O. The third-order valence-corrected chi connectivity index (χ3v) is 12.5. The molecule has 1 aliphatic carbocycles. The molecule has 0 saturated carbocycles. The van der Waals surface area contributed by atoms with Crippen LogP contribution in [0.2, 0.25) is 5.04 Å². The maximum Gasteiger partial charge on any atom is 0.307 e. The van der Waals surface area contributed by atoms with Gasteiger partial charge >= 0.3 is 5.97 Å². The number of esters is 1. The van der Waals surface area contributed by atoms with Crippen molar-refractivity contribution in [1.29, 1.82) is 0 Å². The second-order valence-electron chi connectivity index (χ2n) is 11.4. The second kappa shape index (κ2) is 11.9. The Labute approximate surface area is 237 Å². The minimum absolute atomic E-state index is 0.116. The lowest BCUT2D eigenvalue weighted by Gasteiger charge is -2.43. The number of carbonyl (C=O) groups excluding carboxylic acids is 3. The average Bonchev–Trinajstić information content (AvgIpc) is 2.92. The zero-order valence-electron chi connectivity index (χ0n) is 24.0. The number of allylic oxidation sites excluding steroid dienone is 3.